The van der Waals surface area contributed by atoms with Gasteiger partial charge >= 0.3 is 0 Å². The molecule has 0 aromatic carbocycles. The highest BCUT2D eigenvalue weighted by Gasteiger charge is 2.27. The van der Waals surface area contributed by atoms with Gasteiger partial charge in [-0.1, -0.05) is 26.6 Å². The molecule has 104 valence electrons. The molecule has 0 aromatic heterocycles. The van der Waals surface area contributed by atoms with Crippen molar-refractivity contribution in [2.24, 2.45) is 0 Å². The Hall–Kier alpha value is -0.263. The van der Waals surface area contributed by atoms with Crippen LogP contribution >= 0.6 is 24.0 Å². The molecule has 0 radical (unpaired) electrons. The number of nitrogens with zero attached hydrogens (tertiary/aromatic N) is 2. The minimum atomic E-state index is -1.25. The summed E-state index contributed by atoms with van der Waals surface area (Å²) in [6, 6.07) is 2.17. The van der Waals surface area contributed by atoms with Gasteiger partial charge in [0.1, 0.15) is 6.73 Å². The van der Waals surface area contributed by atoms with Crippen molar-refractivity contribution in [2.75, 3.05) is 13.4 Å². The van der Waals surface area contributed by atoms with E-state index in [0.29, 0.717) is 18.9 Å². The molecule has 1 aliphatic heterocycles. The third-order valence-corrected chi connectivity index (χ3v) is 5.49. The van der Waals surface area contributed by atoms with Crippen LogP contribution in [-0.2, 0) is 4.74 Å². The van der Waals surface area contributed by atoms with Crippen LogP contribution in [-0.4, -0.2) is 32.1 Å². The first-order valence-corrected chi connectivity index (χ1v) is 9.72. The van der Waals surface area contributed by atoms with Gasteiger partial charge in [-0.05, 0) is 6.42 Å². The SMILES string of the molecule is CCC(OCN1CNC=C1CC#N)[Si](C)(C)C.I. The molecule has 0 spiro atoms. The van der Waals surface area contributed by atoms with Crippen molar-refractivity contribution in [1.82, 2.24) is 10.2 Å². The van der Waals surface area contributed by atoms with E-state index >= 15 is 0 Å². The number of hydrogen-bond donors (Lipinski definition) is 1. The molecule has 0 bridgehead atoms. The number of hydrogen-bond acceptors (Lipinski definition) is 4. The van der Waals surface area contributed by atoms with E-state index in [1.165, 1.54) is 0 Å². The molecule has 0 aromatic rings. The van der Waals surface area contributed by atoms with Crippen LogP contribution in [0.4, 0.5) is 0 Å². The lowest BCUT2D eigenvalue weighted by atomic mass is 10.3. The van der Waals surface area contributed by atoms with Gasteiger partial charge in [0.15, 0.2) is 0 Å². The van der Waals surface area contributed by atoms with Crippen molar-refractivity contribution in [3.05, 3.63) is 11.9 Å². The molecule has 1 unspecified atom stereocenters. The van der Waals surface area contributed by atoms with Crippen LogP contribution in [0.15, 0.2) is 11.9 Å². The van der Waals surface area contributed by atoms with Gasteiger partial charge in [-0.2, -0.15) is 5.26 Å². The molecule has 0 fully saturated rings. The zero-order chi connectivity index (χ0) is 12.9. The van der Waals surface area contributed by atoms with Crippen LogP contribution in [0.3, 0.4) is 0 Å². The minimum Gasteiger partial charge on any atom is -0.372 e. The van der Waals surface area contributed by atoms with E-state index in [4.69, 9.17) is 10.00 Å². The molecule has 1 aliphatic rings. The van der Waals surface area contributed by atoms with Crippen LogP contribution in [0.25, 0.3) is 0 Å². The van der Waals surface area contributed by atoms with Gasteiger partial charge in [0.05, 0.1) is 33.0 Å². The van der Waals surface area contributed by atoms with Crippen molar-refractivity contribution in [2.45, 2.75) is 45.1 Å². The third-order valence-electron chi connectivity index (χ3n) is 2.99. The van der Waals surface area contributed by atoms with E-state index in [1.807, 2.05) is 6.20 Å². The highest BCUT2D eigenvalue weighted by molar-refractivity contribution is 14.0. The van der Waals surface area contributed by atoms with Gasteiger partial charge in [0, 0.05) is 11.9 Å². The van der Waals surface area contributed by atoms with Gasteiger partial charge < -0.3 is 15.0 Å². The lowest BCUT2D eigenvalue weighted by Crippen LogP contribution is -2.42. The zero-order valence-electron chi connectivity index (χ0n) is 11.7. The first-order valence-electron chi connectivity index (χ1n) is 6.15. The number of allylic oxidation sites excluding steroid dienone is 1. The normalized spacial score (nSPS) is 16.4. The van der Waals surface area contributed by atoms with Gasteiger partial charge in [0.25, 0.3) is 0 Å². The number of rotatable bonds is 6. The van der Waals surface area contributed by atoms with Crippen molar-refractivity contribution < 1.29 is 4.74 Å². The Kier molecular flexibility index (Phi) is 7.90. The van der Waals surface area contributed by atoms with Crippen molar-refractivity contribution >= 4 is 32.1 Å². The Morgan fingerprint density at radius 2 is 2.22 bits per heavy atom. The van der Waals surface area contributed by atoms with Crippen LogP contribution in [0.5, 0.6) is 0 Å². The van der Waals surface area contributed by atoms with Gasteiger partial charge in [-0.15, -0.1) is 24.0 Å². The van der Waals surface area contributed by atoms with Crippen LogP contribution in [0, 0.1) is 11.3 Å². The maximum absolute atomic E-state index is 8.72. The summed E-state index contributed by atoms with van der Waals surface area (Å²) >= 11 is 0. The van der Waals surface area contributed by atoms with E-state index in [1.54, 1.807) is 0 Å². The highest BCUT2D eigenvalue weighted by Crippen LogP contribution is 2.17. The largest absolute Gasteiger partial charge is 0.372 e. The molecule has 0 saturated carbocycles. The zero-order valence-corrected chi connectivity index (χ0v) is 15.0. The number of ether oxygens (including phenoxy) is 1. The van der Waals surface area contributed by atoms with E-state index < -0.39 is 8.07 Å². The Morgan fingerprint density at radius 3 is 2.72 bits per heavy atom. The van der Waals surface area contributed by atoms with E-state index in [0.717, 1.165) is 18.8 Å². The first kappa shape index (κ1) is 17.7. The molecule has 1 heterocycles. The summed E-state index contributed by atoms with van der Waals surface area (Å²) in [5.41, 5.74) is 1.41. The average Bonchev–Trinajstić information content (AvgIpc) is 2.65. The van der Waals surface area contributed by atoms with Crippen molar-refractivity contribution in [3.8, 4) is 6.07 Å². The molecular weight excluding hydrogens is 357 g/mol. The third kappa shape index (κ3) is 5.16. The second-order valence-corrected chi connectivity index (χ2v) is 10.8. The number of halogens is 1. The van der Waals surface area contributed by atoms with Crippen LogP contribution in [0.1, 0.15) is 19.8 Å². The summed E-state index contributed by atoms with van der Waals surface area (Å²) in [6.45, 7) is 10.5. The lowest BCUT2D eigenvalue weighted by Gasteiger charge is -2.30. The van der Waals surface area contributed by atoms with E-state index in [2.05, 4.69) is 42.9 Å². The highest BCUT2D eigenvalue weighted by atomic mass is 127. The summed E-state index contributed by atoms with van der Waals surface area (Å²) < 4.78 is 6.01. The summed E-state index contributed by atoms with van der Waals surface area (Å²) in [5, 5.41) is 11.8. The van der Waals surface area contributed by atoms with Crippen LogP contribution in [0.2, 0.25) is 19.6 Å². The lowest BCUT2D eigenvalue weighted by molar-refractivity contribution is 0.0240. The fraction of sp³-hybridized carbons (Fsp3) is 0.750. The molecule has 4 nitrogen and oxygen atoms in total. The smallest absolute Gasteiger partial charge is 0.120 e. The Balaban J connectivity index is 0.00000289. The molecule has 1 N–H and O–H groups in total. The van der Waals surface area contributed by atoms with Gasteiger partial charge in [-0.25, -0.2) is 0 Å². The summed E-state index contributed by atoms with van der Waals surface area (Å²) in [5.74, 6) is 0. The standard InChI is InChI=1S/C12H23N3OSi.HI/c1-5-12(17(2,3)4)16-10-15-9-14-8-11(15)6-7-13;/h8,12,14H,5-6,9-10H2,1-4H3;1H. The Labute approximate surface area is 128 Å². The molecule has 0 saturated heterocycles. The minimum absolute atomic E-state index is 0. The van der Waals surface area contributed by atoms with E-state index in [9.17, 15) is 0 Å². The quantitative estimate of drug-likeness (QED) is 0.568. The Bertz CT molecular complexity index is 322. The fourth-order valence-electron chi connectivity index (χ4n) is 2.00. The Morgan fingerprint density at radius 1 is 1.56 bits per heavy atom. The van der Waals surface area contributed by atoms with Crippen LogP contribution < -0.4 is 5.32 Å². The predicted octanol–water partition coefficient (Wildman–Crippen LogP) is 2.85. The number of nitrogens with one attached hydrogen (secondary N) is 1. The summed E-state index contributed by atoms with van der Waals surface area (Å²) in [4.78, 5) is 2.09. The molecule has 1 atom stereocenters. The molecule has 1 rings (SSSR count). The predicted molar refractivity (Wildman–Crippen MR) is 86.9 cm³/mol. The average molecular weight is 381 g/mol. The van der Waals surface area contributed by atoms with Crippen molar-refractivity contribution in [3.63, 3.8) is 0 Å². The number of nitriles is 1. The maximum Gasteiger partial charge on any atom is 0.120 e. The van der Waals surface area contributed by atoms with E-state index in [-0.39, 0.29) is 24.0 Å². The maximum atomic E-state index is 8.72. The fourth-order valence-corrected chi connectivity index (χ4v) is 3.80. The van der Waals surface area contributed by atoms with Gasteiger partial charge in [-0.3, -0.25) is 0 Å². The molecule has 6 heteroatoms. The summed E-state index contributed by atoms with van der Waals surface area (Å²) in [6.07, 6.45) is 3.41. The first-order chi connectivity index (χ1) is 7.99. The second-order valence-electron chi connectivity index (χ2n) is 5.43. The molecule has 0 aliphatic carbocycles. The molecule has 18 heavy (non-hydrogen) atoms. The monoisotopic (exact) mass is 381 g/mol. The second kappa shape index (κ2) is 8.02. The van der Waals surface area contributed by atoms with Crippen molar-refractivity contribution in [1.29, 1.82) is 5.26 Å². The van der Waals surface area contributed by atoms with Gasteiger partial charge in [0.2, 0.25) is 0 Å². The summed E-state index contributed by atoms with van der Waals surface area (Å²) in [7, 11) is -1.25. The topological polar surface area (TPSA) is 48.3 Å². The molecule has 0 amide bonds. The molecular formula is C12H24IN3OSi.